The van der Waals surface area contributed by atoms with Gasteiger partial charge in [-0.2, -0.15) is 0 Å². The summed E-state index contributed by atoms with van der Waals surface area (Å²) in [6.45, 7) is 6.33. The van der Waals surface area contributed by atoms with Gasteiger partial charge in [-0.1, -0.05) is 0 Å². The quantitative estimate of drug-likeness (QED) is 0.754. The third-order valence-corrected chi connectivity index (χ3v) is 2.41. The molecule has 2 N–H and O–H groups in total. The Kier molecular flexibility index (Phi) is 5.42. The molecular formula is C12H19N3O2. The highest BCUT2D eigenvalue weighted by atomic mass is 16.5. The first-order chi connectivity index (χ1) is 8.19. The molecule has 0 radical (unpaired) electrons. The van der Waals surface area contributed by atoms with Gasteiger partial charge in [0.25, 0.3) is 5.91 Å². The standard InChI is InChI=1S/C12H19N3O2/c1-3-15(7-8-17-4-2)12(16)10-5-6-11(13)14-9-10/h5-6,9H,3-4,7-8H2,1-2H3,(H2,13,14). The third kappa shape index (κ3) is 4.03. The highest BCUT2D eigenvalue weighted by molar-refractivity contribution is 5.94. The summed E-state index contributed by atoms with van der Waals surface area (Å²) < 4.78 is 5.24. The van der Waals surface area contributed by atoms with E-state index >= 15 is 0 Å². The number of likely N-dealkylation sites (N-methyl/N-ethyl adjacent to an activating group) is 1. The van der Waals surface area contributed by atoms with Crippen molar-refractivity contribution in [1.29, 1.82) is 0 Å². The lowest BCUT2D eigenvalue weighted by Gasteiger charge is -2.20. The molecule has 17 heavy (non-hydrogen) atoms. The van der Waals surface area contributed by atoms with Crippen molar-refractivity contribution in [3.05, 3.63) is 23.9 Å². The molecule has 0 saturated carbocycles. The lowest BCUT2D eigenvalue weighted by molar-refractivity contribution is 0.0669. The topological polar surface area (TPSA) is 68.5 Å². The van der Waals surface area contributed by atoms with Crippen LogP contribution >= 0.6 is 0 Å². The maximum atomic E-state index is 12.1. The first-order valence-corrected chi connectivity index (χ1v) is 5.77. The average molecular weight is 237 g/mol. The van der Waals surface area contributed by atoms with E-state index in [-0.39, 0.29) is 5.91 Å². The van der Waals surface area contributed by atoms with E-state index in [1.165, 1.54) is 6.20 Å². The van der Waals surface area contributed by atoms with Gasteiger partial charge < -0.3 is 15.4 Å². The second-order valence-corrected chi connectivity index (χ2v) is 3.55. The van der Waals surface area contributed by atoms with Gasteiger partial charge in [0.2, 0.25) is 0 Å². The number of hydrogen-bond donors (Lipinski definition) is 1. The van der Waals surface area contributed by atoms with Gasteiger partial charge in [-0.3, -0.25) is 4.79 Å². The number of hydrogen-bond acceptors (Lipinski definition) is 4. The van der Waals surface area contributed by atoms with Crippen molar-refractivity contribution >= 4 is 11.7 Å². The summed E-state index contributed by atoms with van der Waals surface area (Å²) in [5, 5.41) is 0. The fraction of sp³-hybridized carbons (Fsp3) is 0.500. The number of nitrogens with zero attached hydrogens (tertiary/aromatic N) is 2. The lowest BCUT2D eigenvalue weighted by Crippen LogP contribution is -2.34. The van der Waals surface area contributed by atoms with E-state index in [2.05, 4.69) is 4.98 Å². The van der Waals surface area contributed by atoms with Crippen molar-refractivity contribution in [2.24, 2.45) is 0 Å². The van der Waals surface area contributed by atoms with Crippen LogP contribution in [0.2, 0.25) is 0 Å². The Labute approximate surface area is 102 Å². The molecule has 1 rings (SSSR count). The number of amides is 1. The van der Waals surface area contributed by atoms with Crippen LogP contribution < -0.4 is 5.73 Å². The van der Waals surface area contributed by atoms with Crippen molar-refractivity contribution in [1.82, 2.24) is 9.88 Å². The molecule has 94 valence electrons. The van der Waals surface area contributed by atoms with Crippen molar-refractivity contribution in [3.63, 3.8) is 0 Å². The highest BCUT2D eigenvalue weighted by Gasteiger charge is 2.13. The van der Waals surface area contributed by atoms with Crippen LogP contribution in [-0.4, -0.2) is 42.1 Å². The molecule has 0 aromatic carbocycles. The Morgan fingerprint density at radius 3 is 2.76 bits per heavy atom. The molecule has 0 aliphatic carbocycles. The predicted octanol–water partition coefficient (Wildman–Crippen LogP) is 1.16. The smallest absolute Gasteiger partial charge is 0.255 e. The number of aromatic nitrogens is 1. The average Bonchev–Trinajstić information content (AvgIpc) is 2.35. The van der Waals surface area contributed by atoms with E-state index in [0.717, 1.165) is 0 Å². The van der Waals surface area contributed by atoms with Crippen LogP contribution in [0, 0.1) is 0 Å². The summed E-state index contributed by atoms with van der Waals surface area (Å²) in [6.07, 6.45) is 1.50. The predicted molar refractivity (Wildman–Crippen MR) is 66.7 cm³/mol. The monoisotopic (exact) mass is 237 g/mol. The summed E-state index contributed by atoms with van der Waals surface area (Å²) in [7, 11) is 0. The van der Waals surface area contributed by atoms with Gasteiger partial charge in [-0.25, -0.2) is 4.98 Å². The van der Waals surface area contributed by atoms with Gasteiger partial charge in [0, 0.05) is 25.9 Å². The van der Waals surface area contributed by atoms with Crippen LogP contribution in [0.5, 0.6) is 0 Å². The molecule has 1 aromatic heterocycles. The molecule has 0 saturated heterocycles. The number of carbonyl (C=O) groups excluding carboxylic acids is 1. The van der Waals surface area contributed by atoms with Crippen LogP contribution in [0.1, 0.15) is 24.2 Å². The van der Waals surface area contributed by atoms with Crippen LogP contribution in [0.15, 0.2) is 18.3 Å². The van der Waals surface area contributed by atoms with E-state index in [9.17, 15) is 4.79 Å². The van der Waals surface area contributed by atoms with Crippen molar-refractivity contribution < 1.29 is 9.53 Å². The molecule has 0 spiro atoms. The second kappa shape index (κ2) is 6.85. The van der Waals surface area contributed by atoms with E-state index in [4.69, 9.17) is 10.5 Å². The highest BCUT2D eigenvalue weighted by Crippen LogP contribution is 2.05. The van der Waals surface area contributed by atoms with E-state index in [1.54, 1.807) is 17.0 Å². The SMILES string of the molecule is CCOCCN(CC)C(=O)c1ccc(N)nc1. The molecular weight excluding hydrogens is 218 g/mol. The minimum absolute atomic E-state index is 0.0419. The van der Waals surface area contributed by atoms with Gasteiger partial charge in [-0.15, -0.1) is 0 Å². The first-order valence-electron chi connectivity index (χ1n) is 5.77. The third-order valence-electron chi connectivity index (χ3n) is 2.41. The summed E-state index contributed by atoms with van der Waals surface area (Å²) >= 11 is 0. The van der Waals surface area contributed by atoms with E-state index in [1.807, 2.05) is 13.8 Å². The van der Waals surface area contributed by atoms with Gasteiger partial charge >= 0.3 is 0 Å². The minimum atomic E-state index is -0.0419. The molecule has 0 unspecified atom stereocenters. The molecule has 5 nitrogen and oxygen atoms in total. The van der Waals surface area contributed by atoms with Crippen molar-refractivity contribution in [2.45, 2.75) is 13.8 Å². The van der Waals surface area contributed by atoms with Crippen molar-refractivity contribution in [3.8, 4) is 0 Å². The molecule has 5 heteroatoms. The van der Waals surface area contributed by atoms with Gasteiger partial charge in [0.15, 0.2) is 0 Å². The lowest BCUT2D eigenvalue weighted by atomic mass is 10.2. The normalized spacial score (nSPS) is 10.2. The zero-order valence-corrected chi connectivity index (χ0v) is 10.3. The van der Waals surface area contributed by atoms with Crippen LogP contribution in [0.3, 0.4) is 0 Å². The Morgan fingerprint density at radius 2 is 2.24 bits per heavy atom. The number of anilines is 1. The summed E-state index contributed by atoms with van der Waals surface area (Å²) in [4.78, 5) is 17.7. The zero-order chi connectivity index (χ0) is 12.7. The molecule has 0 fully saturated rings. The molecule has 0 atom stereocenters. The van der Waals surface area contributed by atoms with Crippen LogP contribution in [0.25, 0.3) is 0 Å². The van der Waals surface area contributed by atoms with E-state index < -0.39 is 0 Å². The molecule has 0 aliphatic heterocycles. The molecule has 1 amide bonds. The Hall–Kier alpha value is -1.62. The van der Waals surface area contributed by atoms with Crippen LogP contribution in [0.4, 0.5) is 5.82 Å². The fourth-order valence-electron chi connectivity index (χ4n) is 1.44. The number of carbonyl (C=O) groups is 1. The van der Waals surface area contributed by atoms with Gasteiger partial charge in [0.05, 0.1) is 12.2 Å². The number of nitrogen functional groups attached to an aromatic ring is 1. The number of nitrogens with two attached hydrogens (primary N) is 1. The number of pyridine rings is 1. The minimum Gasteiger partial charge on any atom is -0.384 e. The molecule has 1 aromatic rings. The molecule has 1 heterocycles. The first kappa shape index (κ1) is 13.4. The maximum absolute atomic E-state index is 12.1. The van der Waals surface area contributed by atoms with Crippen LogP contribution in [-0.2, 0) is 4.74 Å². The second-order valence-electron chi connectivity index (χ2n) is 3.55. The fourth-order valence-corrected chi connectivity index (χ4v) is 1.44. The Morgan fingerprint density at radius 1 is 1.47 bits per heavy atom. The molecule has 0 aliphatic rings. The van der Waals surface area contributed by atoms with Gasteiger partial charge in [-0.05, 0) is 26.0 Å². The largest absolute Gasteiger partial charge is 0.384 e. The summed E-state index contributed by atoms with van der Waals surface area (Å²) in [5.74, 6) is 0.374. The summed E-state index contributed by atoms with van der Waals surface area (Å²) in [6, 6.07) is 3.32. The Bertz CT molecular complexity index is 351. The van der Waals surface area contributed by atoms with Crippen molar-refractivity contribution in [2.75, 3.05) is 32.0 Å². The van der Waals surface area contributed by atoms with Gasteiger partial charge in [0.1, 0.15) is 5.82 Å². The Balaban J connectivity index is 2.62. The molecule has 0 bridgehead atoms. The zero-order valence-electron chi connectivity index (χ0n) is 10.3. The van der Waals surface area contributed by atoms with E-state index in [0.29, 0.717) is 37.7 Å². The summed E-state index contributed by atoms with van der Waals surface area (Å²) in [5.41, 5.74) is 6.03. The number of rotatable bonds is 6. The number of ether oxygens (including phenoxy) is 1. The maximum Gasteiger partial charge on any atom is 0.255 e.